The Morgan fingerprint density at radius 2 is 2.24 bits per heavy atom. The highest BCUT2D eigenvalue weighted by atomic mass is 19.1. The van der Waals surface area contributed by atoms with Gasteiger partial charge in [-0.2, -0.15) is 4.39 Å². The maximum absolute atomic E-state index is 14.1. The lowest BCUT2D eigenvalue weighted by molar-refractivity contribution is -0.387. The number of benzene rings is 1. The maximum Gasteiger partial charge on any atom is 0.319 e. The van der Waals surface area contributed by atoms with Gasteiger partial charge in [-0.05, 0) is 5.56 Å². The smallest absolute Gasteiger partial charge is 0.319 e. The molecule has 1 heterocycles. The number of carbonyl (C=O) groups is 2. The zero-order valence-corrected chi connectivity index (χ0v) is 10.9. The fourth-order valence-electron chi connectivity index (χ4n) is 2.31. The van der Waals surface area contributed by atoms with Crippen molar-refractivity contribution in [3.05, 3.63) is 39.7 Å². The van der Waals surface area contributed by atoms with Gasteiger partial charge in [0.15, 0.2) is 11.2 Å². The number of halogens is 1. The molecule has 112 valence electrons. The summed E-state index contributed by atoms with van der Waals surface area (Å²) in [5.74, 6) is -3.10. The van der Waals surface area contributed by atoms with Crippen LogP contribution in [0.4, 0.5) is 10.1 Å². The van der Waals surface area contributed by atoms with Crippen LogP contribution in [0.5, 0.6) is 0 Å². The minimum Gasteiger partial charge on any atom is -0.480 e. The minimum absolute atomic E-state index is 0.0805. The molecule has 8 heteroatoms. The van der Waals surface area contributed by atoms with Crippen molar-refractivity contribution in [1.82, 2.24) is 0 Å². The Bertz CT molecular complexity index is 617. The van der Waals surface area contributed by atoms with E-state index in [-0.39, 0.29) is 25.2 Å². The lowest BCUT2D eigenvalue weighted by atomic mass is 9.76. The molecule has 1 unspecified atom stereocenters. The summed E-state index contributed by atoms with van der Waals surface area (Å²) >= 11 is 0. The number of rotatable bonds is 4. The summed E-state index contributed by atoms with van der Waals surface area (Å²) in [5, 5.41) is 20.0. The molecule has 1 atom stereocenters. The number of aliphatic carboxylic acids is 1. The third-order valence-electron chi connectivity index (χ3n) is 3.51. The van der Waals surface area contributed by atoms with Gasteiger partial charge in [0.1, 0.15) is 0 Å². The van der Waals surface area contributed by atoms with Crippen LogP contribution in [0.3, 0.4) is 0 Å². The normalized spacial score (nSPS) is 22.0. The van der Waals surface area contributed by atoms with E-state index < -0.39 is 40.0 Å². The van der Waals surface area contributed by atoms with E-state index in [4.69, 9.17) is 4.74 Å². The molecular formula is C13H12FNO6. The van der Waals surface area contributed by atoms with Crippen molar-refractivity contribution in [2.24, 2.45) is 5.41 Å². The highest BCUT2D eigenvalue weighted by Crippen LogP contribution is 2.32. The van der Waals surface area contributed by atoms with Crippen molar-refractivity contribution in [3.8, 4) is 0 Å². The van der Waals surface area contributed by atoms with Gasteiger partial charge in [-0.3, -0.25) is 19.7 Å². The van der Waals surface area contributed by atoms with E-state index in [1.54, 1.807) is 0 Å². The predicted octanol–water partition coefficient (Wildman–Crippen LogP) is 1.34. The van der Waals surface area contributed by atoms with Crippen LogP contribution in [-0.4, -0.2) is 35.0 Å². The second-order valence-electron chi connectivity index (χ2n) is 4.80. The Morgan fingerprint density at radius 3 is 2.81 bits per heavy atom. The quantitative estimate of drug-likeness (QED) is 0.510. The molecular weight excluding hydrogens is 285 g/mol. The van der Waals surface area contributed by atoms with Crippen molar-refractivity contribution >= 4 is 17.4 Å². The molecule has 0 aromatic heterocycles. The number of carboxylic acid groups (broad SMARTS) is 1. The SMILES string of the molecule is O=C(O)C1(Cc2cccc([N+](=O)[O-])c2F)COCCC1=O. The van der Waals surface area contributed by atoms with Gasteiger partial charge in [0.05, 0.1) is 18.1 Å². The number of Topliss-reactive ketones (excluding diaryl/α,β-unsaturated/α-hetero) is 1. The van der Waals surface area contributed by atoms with E-state index in [2.05, 4.69) is 0 Å². The molecule has 1 N–H and O–H groups in total. The van der Waals surface area contributed by atoms with Gasteiger partial charge in [-0.25, -0.2) is 0 Å². The van der Waals surface area contributed by atoms with Gasteiger partial charge in [0.2, 0.25) is 5.82 Å². The lowest BCUT2D eigenvalue weighted by Crippen LogP contribution is -2.48. The monoisotopic (exact) mass is 297 g/mol. The molecule has 0 amide bonds. The minimum atomic E-state index is -1.89. The maximum atomic E-state index is 14.1. The van der Waals surface area contributed by atoms with E-state index in [1.807, 2.05) is 0 Å². The molecule has 2 rings (SSSR count). The molecule has 1 fully saturated rings. The van der Waals surface area contributed by atoms with Gasteiger partial charge in [-0.1, -0.05) is 12.1 Å². The molecule has 0 spiro atoms. The molecule has 1 aliphatic heterocycles. The molecule has 1 saturated heterocycles. The number of hydrogen-bond acceptors (Lipinski definition) is 5. The Balaban J connectivity index is 2.43. The summed E-state index contributed by atoms with van der Waals surface area (Å²) in [7, 11) is 0. The summed E-state index contributed by atoms with van der Waals surface area (Å²) in [6.45, 7) is -0.255. The van der Waals surface area contributed by atoms with E-state index in [0.717, 1.165) is 6.07 Å². The molecule has 0 radical (unpaired) electrons. The first-order valence-corrected chi connectivity index (χ1v) is 6.15. The Labute approximate surface area is 118 Å². The third-order valence-corrected chi connectivity index (χ3v) is 3.51. The van der Waals surface area contributed by atoms with Crippen LogP contribution in [0.1, 0.15) is 12.0 Å². The Kier molecular flexibility index (Phi) is 3.99. The molecule has 0 bridgehead atoms. The first kappa shape index (κ1) is 15.0. The number of nitro groups is 1. The Hall–Kier alpha value is -2.35. The van der Waals surface area contributed by atoms with Gasteiger partial charge < -0.3 is 9.84 Å². The first-order chi connectivity index (χ1) is 9.88. The highest BCUT2D eigenvalue weighted by molar-refractivity contribution is 6.04. The molecule has 1 aromatic carbocycles. The van der Waals surface area contributed by atoms with Crippen molar-refractivity contribution < 1.29 is 28.7 Å². The number of nitrogens with zero attached hydrogens (tertiary/aromatic N) is 1. The predicted molar refractivity (Wildman–Crippen MR) is 67.3 cm³/mol. The van der Waals surface area contributed by atoms with E-state index in [0.29, 0.717) is 0 Å². The topological polar surface area (TPSA) is 107 Å². The molecule has 21 heavy (non-hydrogen) atoms. The summed E-state index contributed by atoms with van der Waals surface area (Å²) in [4.78, 5) is 33.2. The molecule has 1 aliphatic rings. The number of carboxylic acids is 1. The number of ketones is 1. The Morgan fingerprint density at radius 1 is 1.52 bits per heavy atom. The number of nitro benzene ring substituents is 1. The van der Waals surface area contributed by atoms with Crippen molar-refractivity contribution in [2.45, 2.75) is 12.8 Å². The molecule has 0 aliphatic carbocycles. The number of hydrogen-bond donors (Lipinski definition) is 1. The van der Waals surface area contributed by atoms with Crippen LogP contribution in [0, 0.1) is 21.3 Å². The first-order valence-electron chi connectivity index (χ1n) is 6.15. The fourth-order valence-corrected chi connectivity index (χ4v) is 2.31. The van der Waals surface area contributed by atoms with Crippen LogP contribution in [-0.2, 0) is 20.7 Å². The number of carbonyl (C=O) groups excluding carboxylic acids is 1. The summed E-state index contributed by atoms with van der Waals surface area (Å²) in [5.41, 5.74) is -2.84. The average Bonchev–Trinajstić information content (AvgIpc) is 2.43. The largest absolute Gasteiger partial charge is 0.480 e. The standard InChI is InChI=1S/C13H12FNO6/c14-11-8(2-1-3-9(11)15(19)20)6-13(12(17)18)7-21-5-4-10(13)16/h1-3H,4-7H2,(H,17,18). The van der Waals surface area contributed by atoms with Crippen LogP contribution < -0.4 is 0 Å². The fraction of sp³-hybridized carbons (Fsp3) is 0.385. The van der Waals surface area contributed by atoms with Gasteiger partial charge >= 0.3 is 11.7 Å². The van der Waals surface area contributed by atoms with Crippen LogP contribution >= 0.6 is 0 Å². The third kappa shape index (κ3) is 2.62. The highest BCUT2D eigenvalue weighted by Gasteiger charge is 2.48. The molecule has 1 aromatic rings. The summed E-state index contributed by atoms with van der Waals surface area (Å²) in [6.07, 6.45) is -0.558. The lowest BCUT2D eigenvalue weighted by Gasteiger charge is -2.31. The number of ether oxygens (including phenoxy) is 1. The van der Waals surface area contributed by atoms with Gasteiger partial charge in [0, 0.05) is 18.9 Å². The van der Waals surface area contributed by atoms with Crippen molar-refractivity contribution in [3.63, 3.8) is 0 Å². The van der Waals surface area contributed by atoms with E-state index in [1.165, 1.54) is 12.1 Å². The van der Waals surface area contributed by atoms with Gasteiger partial charge in [0.25, 0.3) is 0 Å². The van der Waals surface area contributed by atoms with E-state index >= 15 is 0 Å². The molecule has 7 nitrogen and oxygen atoms in total. The summed E-state index contributed by atoms with van der Waals surface area (Å²) < 4.78 is 19.1. The van der Waals surface area contributed by atoms with Crippen molar-refractivity contribution in [2.75, 3.05) is 13.2 Å². The zero-order valence-electron chi connectivity index (χ0n) is 10.9. The second-order valence-corrected chi connectivity index (χ2v) is 4.80. The van der Waals surface area contributed by atoms with Crippen LogP contribution in [0.2, 0.25) is 0 Å². The summed E-state index contributed by atoms with van der Waals surface area (Å²) in [6, 6.07) is 3.46. The second kappa shape index (κ2) is 5.57. The van der Waals surface area contributed by atoms with Crippen LogP contribution in [0.25, 0.3) is 0 Å². The zero-order chi connectivity index (χ0) is 15.6. The van der Waals surface area contributed by atoms with Crippen molar-refractivity contribution in [1.29, 1.82) is 0 Å². The van der Waals surface area contributed by atoms with Gasteiger partial charge in [-0.15, -0.1) is 0 Å². The van der Waals surface area contributed by atoms with E-state index in [9.17, 15) is 29.2 Å². The molecule has 0 saturated carbocycles. The average molecular weight is 297 g/mol. The van der Waals surface area contributed by atoms with Crippen LogP contribution in [0.15, 0.2) is 18.2 Å².